The van der Waals surface area contributed by atoms with E-state index >= 15 is 0 Å². The molecule has 0 aliphatic carbocycles. The highest BCUT2D eigenvalue weighted by molar-refractivity contribution is 9.10. The van der Waals surface area contributed by atoms with E-state index in [1.54, 1.807) is 0 Å². The van der Waals surface area contributed by atoms with E-state index in [0.29, 0.717) is 0 Å². The SMILES string of the molecule is Nc1cnc(Br)c(CO)c1C(F)F. The van der Waals surface area contributed by atoms with Crippen molar-refractivity contribution in [3.8, 4) is 0 Å². The van der Waals surface area contributed by atoms with Crippen LogP contribution in [-0.2, 0) is 6.61 Å². The Balaban J connectivity index is 3.35. The van der Waals surface area contributed by atoms with Gasteiger partial charge >= 0.3 is 0 Å². The van der Waals surface area contributed by atoms with Gasteiger partial charge in [-0.25, -0.2) is 13.8 Å². The molecule has 0 atom stereocenters. The molecule has 0 saturated carbocycles. The highest BCUT2D eigenvalue weighted by Crippen LogP contribution is 2.31. The van der Waals surface area contributed by atoms with Crippen LogP contribution in [0.4, 0.5) is 14.5 Å². The number of hydrogen-bond donors (Lipinski definition) is 2. The largest absolute Gasteiger partial charge is 0.397 e. The lowest BCUT2D eigenvalue weighted by molar-refractivity contribution is 0.147. The monoisotopic (exact) mass is 252 g/mol. The van der Waals surface area contributed by atoms with Crippen LogP contribution in [0.2, 0.25) is 0 Å². The van der Waals surface area contributed by atoms with Gasteiger partial charge < -0.3 is 10.8 Å². The van der Waals surface area contributed by atoms with Crippen molar-refractivity contribution in [2.24, 2.45) is 0 Å². The highest BCUT2D eigenvalue weighted by atomic mass is 79.9. The topological polar surface area (TPSA) is 59.1 Å². The fourth-order valence-electron chi connectivity index (χ4n) is 0.967. The number of pyridine rings is 1. The lowest BCUT2D eigenvalue weighted by Gasteiger charge is -2.10. The van der Waals surface area contributed by atoms with Crippen LogP contribution < -0.4 is 5.73 Å². The van der Waals surface area contributed by atoms with Crippen molar-refractivity contribution in [1.29, 1.82) is 0 Å². The smallest absolute Gasteiger partial charge is 0.266 e. The zero-order chi connectivity index (χ0) is 10.0. The van der Waals surface area contributed by atoms with Crippen LogP contribution in [0.25, 0.3) is 0 Å². The number of hydrogen-bond acceptors (Lipinski definition) is 3. The molecule has 0 unspecified atom stereocenters. The summed E-state index contributed by atoms with van der Waals surface area (Å²) in [5, 5.41) is 8.81. The van der Waals surface area contributed by atoms with Crippen LogP contribution in [0.3, 0.4) is 0 Å². The van der Waals surface area contributed by atoms with Crippen molar-refractivity contribution < 1.29 is 13.9 Å². The van der Waals surface area contributed by atoms with Gasteiger partial charge in [0.1, 0.15) is 4.60 Å². The standard InChI is InChI=1S/C7H7BrF2N2O/c8-6-3(2-13)5(7(9)10)4(11)1-12-6/h1,7,13H,2,11H2. The molecule has 0 bridgehead atoms. The summed E-state index contributed by atoms with van der Waals surface area (Å²) in [6.45, 7) is -0.516. The summed E-state index contributed by atoms with van der Waals surface area (Å²) in [6, 6.07) is 0. The van der Waals surface area contributed by atoms with E-state index in [2.05, 4.69) is 20.9 Å². The van der Waals surface area contributed by atoms with Crippen molar-refractivity contribution in [1.82, 2.24) is 4.98 Å². The van der Waals surface area contributed by atoms with E-state index < -0.39 is 13.0 Å². The second-order valence-corrected chi connectivity index (χ2v) is 3.11. The molecule has 0 aliphatic rings. The number of aliphatic hydroxyl groups is 1. The molecular weight excluding hydrogens is 246 g/mol. The fraction of sp³-hybridized carbons (Fsp3) is 0.286. The maximum absolute atomic E-state index is 12.4. The van der Waals surface area contributed by atoms with Gasteiger partial charge in [0.2, 0.25) is 0 Å². The summed E-state index contributed by atoms with van der Waals surface area (Å²) in [5.41, 5.74) is 4.86. The van der Waals surface area contributed by atoms with Crippen molar-refractivity contribution in [3.05, 3.63) is 21.9 Å². The van der Waals surface area contributed by atoms with Gasteiger partial charge in [-0.15, -0.1) is 0 Å². The summed E-state index contributed by atoms with van der Waals surface area (Å²) in [6.07, 6.45) is -1.58. The highest BCUT2D eigenvalue weighted by Gasteiger charge is 2.18. The van der Waals surface area contributed by atoms with E-state index in [-0.39, 0.29) is 21.4 Å². The molecule has 0 amide bonds. The van der Waals surface area contributed by atoms with Gasteiger partial charge in [0, 0.05) is 5.56 Å². The second-order valence-electron chi connectivity index (χ2n) is 2.36. The summed E-state index contributed by atoms with van der Waals surface area (Å²) in [5.74, 6) is 0. The predicted molar refractivity (Wildman–Crippen MR) is 47.2 cm³/mol. The van der Waals surface area contributed by atoms with Crippen molar-refractivity contribution in [2.75, 3.05) is 5.73 Å². The Hall–Kier alpha value is -0.750. The van der Waals surface area contributed by atoms with Gasteiger partial charge in [-0.1, -0.05) is 0 Å². The molecule has 6 heteroatoms. The molecule has 1 aromatic heterocycles. The van der Waals surface area contributed by atoms with Gasteiger partial charge in [-0.05, 0) is 15.9 Å². The van der Waals surface area contributed by atoms with Crippen LogP contribution in [0.15, 0.2) is 10.8 Å². The van der Waals surface area contributed by atoms with E-state index in [4.69, 9.17) is 10.8 Å². The molecule has 1 heterocycles. The number of alkyl halides is 2. The zero-order valence-electron chi connectivity index (χ0n) is 6.47. The summed E-state index contributed by atoms with van der Waals surface area (Å²) < 4.78 is 25.0. The van der Waals surface area contributed by atoms with Crippen LogP contribution in [0.5, 0.6) is 0 Å². The van der Waals surface area contributed by atoms with Gasteiger partial charge in [-0.3, -0.25) is 0 Å². The fourth-order valence-corrected chi connectivity index (χ4v) is 1.41. The minimum atomic E-state index is -2.71. The number of nitrogens with two attached hydrogens (primary N) is 1. The summed E-state index contributed by atoms with van der Waals surface area (Å²) >= 11 is 2.95. The normalized spacial score (nSPS) is 10.8. The van der Waals surface area contributed by atoms with Crippen molar-refractivity contribution >= 4 is 21.6 Å². The first kappa shape index (κ1) is 10.3. The van der Waals surface area contributed by atoms with Gasteiger partial charge in [0.05, 0.1) is 24.1 Å². The molecule has 0 spiro atoms. The van der Waals surface area contributed by atoms with Crippen molar-refractivity contribution in [3.63, 3.8) is 0 Å². The molecule has 0 aliphatic heterocycles. The van der Waals surface area contributed by atoms with E-state index in [0.717, 1.165) is 6.20 Å². The maximum atomic E-state index is 12.4. The molecule has 0 saturated heterocycles. The summed E-state index contributed by atoms with van der Waals surface area (Å²) in [7, 11) is 0. The average Bonchev–Trinajstić information content (AvgIpc) is 2.07. The average molecular weight is 253 g/mol. The van der Waals surface area contributed by atoms with Gasteiger partial charge in [0.15, 0.2) is 0 Å². The molecular formula is C7H7BrF2N2O. The van der Waals surface area contributed by atoms with Crippen LogP contribution >= 0.6 is 15.9 Å². The molecule has 3 nitrogen and oxygen atoms in total. The molecule has 1 aromatic rings. The number of aliphatic hydroxyl groups excluding tert-OH is 1. The van der Waals surface area contributed by atoms with E-state index in [1.807, 2.05) is 0 Å². The first-order valence-electron chi connectivity index (χ1n) is 3.39. The zero-order valence-corrected chi connectivity index (χ0v) is 8.05. The molecule has 0 fully saturated rings. The van der Waals surface area contributed by atoms with E-state index in [1.165, 1.54) is 0 Å². The minimum Gasteiger partial charge on any atom is -0.397 e. The van der Waals surface area contributed by atoms with Gasteiger partial charge in [0.25, 0.3) is 6.43 Å². The molecule has 13 heavy (non-hydrogen) atoms. The lowest BCUT2D eigenvalue weighted by atomic mass is 10.1. The van der Waals surface area contributed by atoms with Crippen molar-refractivity contribution in [2.45, 2.75) is 13.0 Å². The third kappa shape index (κ3) is 1.94. The molecule has 0 radical (unpaired) electrons. The second kappa shape index (κ2) is 3.97. The Kier molecular flexibility index (Phi) is 3.16. The lowest BCUT2D eigenvalue weighted by Crippen LogP contribution is -2.03. The van der Waals surface area contributed by atoms with Crippen LogP contribution in [-0.4, -0.2) is 10.1 Å². The predicted octanol–water partition coefficient (Wildman–Crippen LogP) is 1.86. The number of nitrogens with zero attached hydrogens (tertiary/aromatic N) is 1. The third-order valence-electron chi connectivity index (χ3n) is 1.58. The maximum Gasteiger partial charge on any atom is 0.266 e. The first-order valence-corrected chi connectivity index (χ1v) is 4.19. The molecule has 72 valence electrons. The van der Waals surface area contributed by atoms with Gasteiger partial charge in [-0.2, -0.15) is 0 Å². The molecule has 1 rings (SSSR count). The van der Waals surface area contributed by atoms with E-state index in [9.17, 15) is 8.78 Å². The van der Waals surface area contributed by atoms with Crippen LogP contribution in [0.1, 0.15) is 17.6 Å². The Labute approximate surface area is 81.7 Å². The number of anilines is 1. The third-order valence-corrected chi connectivity index (χ3v) is 2.26. The Morgan fingerprint density at radius 1 is 1.62 bits per heavy atom. The molecule has 3 N–H and O–H groups in total. The Morgan fingerprint density at radius 3 is 2.62 bits per heavy atom. The Morgan fingerprint density at radius 2 is 2.23 bits per heavy atom. The van der Waals surface area contributed by atoms with Crippen LogP contribution in [0, 0.1) is 0 Å². The number of nitrogen functional groups attached to an aromatic ring is 1. The number of halogens is 3. The minimum absolute atomic E-state index is 0.0370. The Bertz CT molecular complexity index is 320. The number of rotatable bonds is 2. The quantitative estimate of drug-likeness (QED) is 0.791. The molecule has 0 aromatic carbocycles. The summed E-state index contributed by atoms with van der Waals surface area (Å²) in [4.78, 5) is 3.69. The first-order chi connectivity index (χ1) is 6.07. The number of aromatic nitrogens is 1.